The predicted octanol–water partition coefficient (Wildman–Crippen LogP) is 5.19. The van der Waals surface area contributed by atoms with Crippen LogP contribution < -0.4 is 10.1 Å². The van der Waals surface area contributed by atoms with E-state index in [-0.39, 0.29) is 10.8 Å². The molecule has 0 aromatic heterocycles. The van der Waals surface area contributed by atoms with E-state index < -0.39 is 0 Å². The van der Waals surface area contributed by atoms with E-state index in [1.165, 1.54) is 30.4 Å². The van der Waals surface area contributed by atoms with Gasteiger partial charge >= 0.3 is 0 Å². The molecule has 0 bridgehead atoms. The van der Waals surface area contributed by atoms with E-state index in [2.05, 4.69) is 65.1 Å². The number of rotatable bonds is 4. The van der Waals surface area contributed by atoms with E-state index in [0.29, 0.717) is 6.04 Å². The Morgan fingerprint density at radius 1 is 1.04 bits per heavy atom. The van der Waals surface area contributed by atoms with Crippen molar-refractivity contribution in [1.29, 1.82) is 0 Å². The van der Waals surface area contributed by atoms with Crippen molar-refractivity contribution in [2.75, 3.05) is 13.2 Å². The summed E-state index contributed by atoms with van der Waals surface area (Å²) in [5, 5.41) is 3.60. The van der Waals surface area contributed by atoms with Gasteiger partial charge in [0.1, 0.15) is 5.75 Å². The second-order valence-corrected chi connectivity index (χ2v) is 8.99. The third kappa shape index (κ3) is 5.24. The van der Waals surface area contributed by atoms with Gasteiger partial charge in [-0.1, -0.05) is 60.1 Å². The third-order valence-corrected chi connectivity index (χ3v) is 4.79. The van der Waals surface area contributed by atoms with E-state index in [1.54, 1.807) is 0 Å². The second kappa shape index (κ2) is 7.25. The third-order valence-electron chi connectivity index (χ3n) is 4.79. The molecule has 130 valence electrons. The fourth-order valence-corrected chi connectivity index (χ4v) is 3.19. The van der Waals surface area contributed by atoms with Crippen molar-refractivity contribution in [3.8, 4) is 5.75 Å². The molecule has 2 nitrogen and oxygen atoms in total. The van der Waals surface area contributed by atoms with E-state index >= 15 is 0 Å². The Hall–Kier alpha value is -1.02. The lowest BCUT2D eigenvalue weighted by atomic mass is 9.80. The summed E-state index contributed by atoms with van der Waals surface area (Å²) < 4.78 is 6.19. The molecular weight excluding hydrogens is 282 g/mol. The van der Waals surface area contributed by atoms with Gasteiger partial charge in [0, 0.05) is 6.04 Å². The van der Waals surface area contributed by atoms with Crippen LogP contribution in [0.5, 0.6) is 5.75 Å². The van der Waals surface area contributed by atoms with Crippen molar-refractivity contribution in [2.24, 2.45) is 0 Å². The monoisotopic (exact) mass is 317 g/mol. The lowest BCUT2D eigenvalue weighted by molar-refractivity contribution is 0.263. The molecule has 1 saturated heterocycles. The zero-order valence-corrected chi connectivity index (χ0v) is 16.0. The second-order valence-electron chi connectivity index (χ2n) is 8.99. The van der Waals surface area contributed by atoms with Crippen LogP contribution in [0.15, 0.2) is 18.2 Å². The van der Waals surface area contributed by atoms with Crippen molar-refractivity contribution >= 4 is 0 Å². The highest BCUT2D eigenvalue weighted by Crippen LogP contribution is 2.35. The Balaban J connectivity index is 2.07. The van der Waals surface area contributed by atoms with Crippen molar-refractivity contribution in [3.05, 3.63) is 29.3 Å². The minimum Gasteiger partial charge on any atom is -0.493 e. The average Bonchev–Trinajstić information content (AvgIpc) is 2.46. The Bertz CT molecular complexity index is 502. The topological polar surface area (TPSA) is 21.3 Å². The normalized spacial score (nSPS) is 19.7. The molecule has 1 fully saturated rings. The summed E-state index contributed by atoms with van der Waals surface area (Å²) >= 11 is 0. The summed E-state index contributed by atoms with van der Waals surface area (Å²) in [6, 6.07) is 7.38. The standard InChI is InChI=1S/C21H35NO/c1-20(2,3)16-10-11-19(18(15-16)21(4,5)6)23-14-12-17-9-7-8-13-22-17/h10-11,15,17,22H,7-9,12-14H2,1-6H3. The molecule has 1 aliphatic heterocycles. The molecule has 0 spiro atoms. The Morgan fingerprint density at radius 2 is 1.78 bits per heavy atom. The summed E-state index contributed by atoms with van der Waals surface area (Å²) in [5.41, 5.74) is 2.97. The maximum Gasteiger partial charge on any atom is 0.123 e. The largest absolute Gasteiger partial charge is 0.493 e. The summed E-state index contributed by atoms with van der Waals surface area (Å²) in [7, 11) is 0. The highest BCUT2D eigenvalue weighted by molar-refractivity contribution is 5.43. The fraction of sp³-hybridized carbons (Fsp3) is 0.714. The smallest absolute Gasteiger partial charge is 0.123 e. The molecule has 0 saturated carbocycles. The van der Waals surface area contributed by atoms with Crippen LogP contribution in [-0.4, -0.2) is 19.2 Å². The van der Waals surface area contributed by atoms with E-state index in [0.717, 1.165) is 25.3 Å². The van der Waals surface area contributed by atoms with Crippen molar-refractivity contribution in [2.45, 2.75) is 84.1 Å². The van der Waals surface area contributed by atoms with Gasteiger partial charge in [-0.15, -0.1) is 0 Å². The van der Waals surface area contributed by atoms with Crippen LogP contribution in [0.4, 0.5) is 0 Å². The number of ether oxygens (including phenoxy) is 1. The van der Waals surface area contributed by atoms with Gasteiger partial charge < -0.3 is 10.1 Å². The van der Waals surface area contributed by atoms with Crippen LogP contribution in [0.25, 0.3) is 0 Å². The molecular formula is C21H35NO. The number of nitrogens with one attached hydrogen (secondary N) is 1. The Morgan fingerprint density at radius 3 is 2.35 bits per heavy atom. The first-order valence-electron chi connectivity index (χ1n) is 9.19. The quantitative estimate of drug-likeness (QED) is 0.825. The van der Waals surface area contributed by atoms with Crippen molar-refractivity contribution in [1.82, 2.24) is 5.32 Å². The van der Waals surface area contributed by atoms with Gasteiger partial charge in [-0.05, 0) is 53.8 Å². The first-order chi connectivity index (χ1) is 10.7. The molecule has 1 aromatic rings. The van der Waals surface area contributed by atoms with Gasteiger partial charge in [-0.25, -0.2) is 0 Å². The van der Waals surface area contributed by atoms with Crippen LogP contribution in [0.1, 0.15) is 78.4 Å². The highest BCUT2D eigenvalue weighted by atomic mass is 16.5. The number of benzene rings is 1. The van der Waals surface area contributed by atoms with Crippen LogP contribution in [0, 0.1) is 0 Å². The van der Waals surface area contributed by atoms with Crippen LogP contribution in [0.3, 0.4) is 0 Å². The zero-order valence-electron chi connectivity index (χ0n) is 16.0. The first-order valence-corrected chi connectivity index (χ1v) is 9.19. The zero-order chi connectivity index (χ0) is 17.1. The molecule has 2 heteroatoms. The predicted molar refractivity (Wildman–Crippen MR) is 99.6 cm³/mol. The highest BCUT2D eigenvalue weighted by Gasteiger charge is 2.23. The minimum atomic E-state index is 0.0969. The molecule has 0 aliphatic carbocycles. The van der Waals surface area contributed by atoms with Crippen molar-refractivity contribution < 1.29 is 4.74 Å². The summed E-state index contributed by atoms with van der Waals surface area (Å²) in [6.45, 7) is 15.6. The lowest BCUT2D eigenvalue weighted by Crippen LogP contribution is -2.35. The molecule has 0 amide bonds. The van der Waals surface area contributed by atoms with E-state index in [1.807, 2.05) is 0 Å². The summed E-state index contributed by atoms with van der Waals surface area (Å²) in [6.07, 6.45) is 5.06. The summed E-state index contributed by atoms with van der Waals surface area (Å²) in [4.78, 5) is 0. The number of hydrogen-bond acceptors (Lipinski definition) is 2. The Kier molecular flexibility index (Phi) is 5.78. The minimum absolute atomic E-state index is 0.0969. The van der Waals surface area contributed by atoms with Crippen molar-refractivity contribution in [3.63, 3.8) is 0 Å². The molecule has 1 N–H and O–H groups in total. The molecule has 1 aromatic carbocycles. The van der Waals surface area contributed by atoms with Gasteiger partial charge in [0.15, 0.2) is 0 Å². The molecule has 1 unspecified atom stereocenters. The van der Waals surface area contributed by atoms with E-state index in [9.17, 15) is 0 Å². The Labute approximate surface area is 143 Å². The average molecular weight is 318 g/mol. The SMILES string of the molecule is CC(C)(C)c1ccc(OCCC2CCCCN2)c(C(C)(C)C)c1. The summed E-state index contributed by atoms with van der Waals surface area (Å²) in [5.74, 6) is 1.06. The van der Waals surface area contributed by atoms with Gasteiger partial charge in [0.05, 0.1) is 6.61 Å². The fourth-order valence-electron chi connectivity index (χ4n) is 3.19. The molecule has 2 rings (SSSR count). The van der Waals surface area contributed by atoms with Gasteiger partial charge in [-0.2, -0.15) is 0 Å². The number of hydrogen-bond donors (Lipinski definition) is 1. The van der Waals surface area contributed by atoms with Crippen LogP contribution >= 0.6 is 0 Å². The lowest BCUT2D eigenvalue weighted by Gasteiger charge is -2.28. The molecule has 1 heterocycles. The van der Waals surface area contributed by atoms with Crippen LogP contribution in [-0.2, 0) is 10.8 Å². The molecule has 0 radical (unpaired) electrons. The molecule has 23 heavy (non-hydrogen) atoms. The maximum absolute atomic E-state index is 6.19. The van der Waals surface area contributed by atoms with Gasteiger partial charge in [-0.3, -0.25) is 0 Å². The van der Waals surface area contributed by atoms with E-state index in [4.69, 9.17) is 4.74 Å². The van der Waals surface area contributed by atoms with Crippen LogP contribution in [0.2, 0.25) is 0 Å². The maximum atomic E-state index is 6.19. The van der Waals surface area contributed by atoms with Gasteiger partial charge in [0.25, 0.3) is 0 Å². The first kappa shape index (κ1) is 18.3. The molecule has 1 atom stereocenters. The van der Waals surface area contributed by atoms with Gasteiger partial charge in [0.2, 0.25) is 0 Å². The molecule has 1 aliphatic rings. The number of piperidine rings is 1.